The third-order valence-electron chi connectivity index (χ3n) is 6.65. The molecule has 0 bridgehead atoms. The number of aromatic nitrogens is 1. The number of ether oxygens (including phenoxy) is 3. The van der Waals surface area contributed by atoms with Crippen molar-refractivity contribution in [2.75, 3.05) is 24.7 Å². The highest BCUT2D eigenvalue weighted by molar-refractivity contribution is 7.22. The van der Waals surface area contributed by atoms with E-state index in [1.54, 1.807) is 24.3 Å². The number of aliphatic hydroxyl groups excluding tert-OH is 1. The van der Waals surface area contributed by atoms with Crippen molar-refractivity contribution in [2.24, 2.45) is 0 Å². The van der Waals surface area contributed by atoms with Crippen LogP contribution < -0.4 is 19.1 Å². The van der Waals surface area contributed by atoms with Gasteiger partial charge < -0.3 is 19.3 Å². The van der Waals surface area contributed by atoms with Gasteiger partial charge in [-0.2, -0.15) is 0 Å². The van der Waals surface area contributed by atoms with Gasteiger partial charge in [-0.1, -0.05) is 36.5 Å². The number of fused-ring (bicyclic) bond motifs is 2. The van der Waals surface area contributed by atoms with Gasteiger partial charge in [0.2, 0.25) is 0 Å². The number of hydrogen-bond acceptors (Lipinski definition) is 8. The average molecular weight is 543 g/mol. The number of hydrogen-bond donors (Lipinski definition) is 1. The van der Waals surface area contributed by atoms with Crippen molar-refractivity contribution in [3.63, 3.8) is 0 Å². The van der Waals surface area contributed by atoms with E-state index in [0.717, 1.165) is 22.2 Å². The molecule has 1 saturated heterocycles. The van der Waals surface area contributed by atoms with Crippen LogP contribution in [0.4, 0.5) is 5.13 Å². The van der Waals surface area contributed by atoms with Gasteiger partial charge in [-0.15, -0.1) is 0 Å². The molecule has 2 aliphatic rings. The molecule has 3 heterocycles. The minimum absolute atomic E-state index is 0.0280. The zero-order chi connectivity index (χ0) is 27.1. The molecule has 4 aromatic rings. The second kappa shape index (κ2) is 10.1. The highest BCUT2D eigenvalue weighted by atomic mass is 32.1. The number of rotatable bonds is 6. The molecule has 1 aromatic heterocycles. The Balaban J connectivity index is 1.52. The Morgan fingerprint density at radius 3 is 2.72 bits per heavy atom. The minimum Gasteiger partial charge on any atom is -0.507 e. The van der Waals surface area contributed by atoms with Gasteiger partial charge in [0, 0.05) is 5.56 Å². The van der Waals surface area contributed by atoms with Crippen LogP contribution in [0.15, 0.2) is 66.2 Å². The third-order valence-corrected chi connectivity index (χ3v) is 7.66. The Morgan fingerprint density at radius 1 is 1.08 bits per heavy atom. The van der Waals surface area contributed by atoms with E-state index in [1.807, 2.05) is 50.2 Å². The lowest BCUT2D eigenvalue weighted by atomic mass is 9.95. The lowest BCUT2D eigenvalue weighted by molar-refractivity contribution is -0.132. The Morgan fingerprint density at radius 2 is 1.90 bits per heavy atom. The summed E-state index contributed by atoms with van der Waals surface area (Å²) in [7, 11) is 0. The van der Waals surface area contributed by atoms with Crippen molar-refractivity contribution in [2.45, 2.75) is 26.3 Å². The number of ketones is 1. The van der Waals surface area contributed by atoms with Crippen LogP contribution in [0.2, 0.25) is 0 Å². The zero-order valence-electron chi connectivity index (χ0n) is 21.5. The molecule has 0 saturated carbocycles. The predicted molar refractivity (Wildman–Crippen MR) is 149 cm³/mol. The molecule has 1 fully saturated rings. The van der Waals surface area contributed by atoms with Gasteiger partial charge in [0.05, 0.1) is 28.4 Å². The quantitative estimate of drug-likeness (QED) is 0.187. The summed E-state index contributed by atoms with van der Waals surface area (Å²) in [5.74, 6) is -0.209. The Bertz CT molecular complexity index is 1640. The molecule has 0 spiro atoms. The summed E-state index contributed by atoms with van der Waals surface area (Å²) in [4.78, 5) is 33.2. The second-order valence-electron chi connectivity index (χ2n) is 9.42. The van der Waals surface area contributed by atoms with Gasteiger partial charge in [0.25, 0.3) is 5.78 Å². The largest absolute Gasteiger partial charge is 0.507 e. The van der Waals surface area contributed by atoms with Crippen LogP contribution in [-0.2, 0) is 9.59 Å². The molecular formula is C30H26N2O6S. The van der Waals surface area contributed by atoms with Crippen LogP contribution >= 0.6 is 11.3 Å². The Labute approximate surface area is 229 Å². The monoisotopic (exact) mass is 542 g/mol. The van der Waals surface area contributed by atoms with Crippen molar-refractivity contribution < 1.29 is 28.9 Å². The topological polar surface area (TPSA) is 98.2 Å². The number of nitrogens with zero attached hydrogens (tertiary/aromatic N) is 2. The third kappa shape index (κ3) is 4.48. The van der Waals surface area contributed by atoms with Crippen molar-refractivity contribution in [1.29, 1.82) is 0 Å². The van der Waals surface area contributed by atoms with E-state index in [2.05, 4.69) is 0 Å². The summed E-state index contributed by atoms with van der Waals surface area (Å²) < 4.78 is 18.0. The van der Waals surface area contributed by atoms with E-state index < -0.39 is 17.7 Å². The summed E-state index contributed by atoms with van der Waals surface area (Å²) in [6, 6.07) is 17.1. The number of aliphatic hydroxyl groups is 1. The van der Waals surface area contributed by atoms with Crippen LogP contribution in [-0.4, -0.2) is 41.6 Å². The van der Waals surface area contributed by atoms with E-state index >= 15 is 0 Å². The second-order valence-corrected chi connectivity index (χ2v) is 10.4. The number of benzene rings is 3. The van der Waals surface area contributed by atoms with Gasteiger partial charge in [0.1, 0.15) is 24.7 Å². The smallest absolute Gasteiger partial charge is 0.301 e. The number of aryl methyl sites for hydroxylation is 1. The molecule has 1 amide bonds. The molecule has 0 unspecified atom stereocenters. The molecule has 1 atom stereocenters. The fourth-order valence-electron chi connectivity index (χ4n) is 4.81. The first-order valence-corrected chi connectivity index (χ1v) is 13.6. The van der Waals surface area contributed by atoms with Crippen molar-refractivity contribution in [1.82, 2.24) is 4.98 Å². The number of Topliss-reactive ketones (excluding diaryl/α,β-unsaturated/α-hetero) is 1. The van der Waals surface area contributed by atoms with E-state index in [4.69, 9.17) is 19.2 Å². The molecule has 9 heteroatoms. The van der Waals surface area contributed by atoms with Crippen LogP contribution in [0.3, 0.4) is 0 Å². The summed E-state index contributed by atoms with van der Waals surface area (Å²) in [5, 5.41) is 11.9. The maximum atomic E-state index is 13.6. The highest BCUT2D eigenvalue weighted by Crippen LogP contribution is 2.45. The first kappa shape index (κ1) is 24.9. The minimum atomic E-state index is -0.912. The number of thiazole rings is 1. The fourth-order valence-corrected chi connectivity index (χ4v) is 5.90. The van der Waals surface area contributed by atoms with Crippen LogP contribution in [0.5, 0.6) is 17.2 Å². The lowest BCUT2D eigenvalue weighted by Crippen LogP contribution is -2.29. The summed E-state index contributed by atoms with van der Waals surface area (Å²) in [5.41, 5.74) is 2.74. The summed E-state index contributed by atoms with van der Waals surface area (Å²) >= 11 is 1.33. The maximum absolute atomic E-state index is 13.6. The fraction of sp³-hybridized carbons (Fsp3) is 0.233. The average Bonchev–Trinajstić information content (AvgIpc) is 3.48. The molecule has 1 N–H and O–H groups in total. The molecule has 3 aromatic carbocycles. The molecule has 39 heavy (non-hydrogen) atoms. The van der Waals surface area contributed by atoms with Crippen LogP contribution in [0.1, 0.15) is 36.1 Å². The molecular weight excluding hydrogens is 516 g/mol. The predicted octanol–water partition coefficient (Wildman–Crippen LogP) is 5.79. The van der Waals surface area contributed by atoms with Gasteiger partial charge in [0.15, 0.2) is 16.6 Å². The Hall–Kier alpha value is -4.37. The zero-order valence-corrected chi connectivity index (χ0v) is 22.3. The van der Waals surface area contributed by atoms with E-state index in [-0.39, 0.29) is 11.3 Å². The first-order chi connectivity index (χ1) is 18.9. The van der Waals surface area contributed by atoms with E-state index in [9.17, 15) is 14.7 Å². The van der Waals surface area contributed by atoms with Gasteiger partial charge in [-0.3, -0.25) is 14.5 Å². The SMILES string of the molecule is CCCOc1cccc([C@@H]2/C(=C(\O)c3ccc4c(c3)OCCO4)C(=O)C(=O)N2c2nc3ccc(C)cc3s2)c1. The van der Waals surface area contributed by atoms with Crippen LogP contribution in [0, 0.1) is 6.92 Å². The maximum Gasteiger partial charge on any atom is 0.301 e. The van der Waals surface area contributed by atoms with Crippen molar-refractivity contribution in [3.8, 4) is 17.2 Å². The summed E-state index contributed by atoms with van der Waals surface area (Å²) in [6.07, 6.45) is 0.831. The van der Waals surface area contributed by atoms with Gasteiger partial charge in [-0.05, 0) is 66.9 Å². The van der Waals surface area contributed by atoms with E-state index in [1.165, 1.54) is 16.2 Å². The molecule has 2 aliphatic heterocycles. The highest BCUT2D eigenvalue weighted by Gasteiger charge is 2.48. The number of anilines is 1. The standard InChI is InChI=1S/C30H26N2O6S/c1-3-11-36-20-6-4-5-18(15-20)26-25(27(33)19-8-10-22-23(16-19)38-13-12-37-22)28(34)29(35)32(26)30-31-21-9-7-17(2)14-24(21)39-30/h4-10,14-16,26,33H,3,11-13H2,1-2H3/b27-25+/t26-/m1/s1. The number of amides is 1. The molecule has 0 radical (unpaired) electrons. The van der Waals surface area contributed by atoms with E-state index in [0.29, 0.717) is 53.3 Å². The molecule has 6 rings (SSSR count). The van der Waals surface area contributed by atoms with Crippen molar-refractivity contribution in [3.05, 3.63) is 82.9 Å². The Kier molecular flexibility index (Phi) is 6.44. The van der Waals surface area contributed by atoms with Gasteiger partial charge in [-0.25, -0.2) is 4.98 Å². The molecule has 198 valence electrons. The van der Waals surface area contributed by atoms with Crippen molar-refractivity contribution >= 4 is 44.1 Å². The van der Waals surface area contributed by atoms with Gasteiger partial charge >= 0.3 is 5.91 Å². The molecule has 0 aliphatic carbocycles. The number of carbonyl (C=O) groups excluding carboxylic acids is 2. The lowest BCUT2D eigenvalue weighted by Gasteiger charge is -2.23. The summed E-state index contributed by atoms with van der Waals surface area (Å²) in [6.45, 7) is 5.34. The van der Waals surface area contributed by atoms with Crippen LogP contribution in [0.25, 0.3) is 16.0 Å². The number of carbonyl (C=O) groups is 2. The normalized spacial score (nSPS) is 18.1. The molecule has 8 nitrogen and oxygen atoms in total. The first-order valence-electron chi connectivity index (χ1n) is 12.8.